The molecule has 6 heteroatoms. The van der Waals surface area contributed by atoms with Gasteiger partial charge in [0, 0.05) is 15.8 Å². The quantitative estimate of drug-likeness (QED) is 0.624. The highest BCUT2D eigenvalue weighted by molar-refractivity contribution is 7.20. The standard InChI is InChI=1S/C16H15NO4S/c1-3-8-4-9-5-14(22-13(9)7-12(8)21-2)15(18)10-6-11(10)16(19)17-20/h4-5,7,10-11H,3,6H2,1-2H3. The van der Waals surface area contributed by atoms with Gasteiger partial charge in [-0.3, -0.25) is 9.59 Å². The number of ketones is 1. The number of thiophene rings is 1. The Morgan fingerprint density at radius 2 is 2.09 bits per heavy atom. The number of carbonyl (C=O) groups is 2. The van der Waals surface area contributed by atoms with Crippen molar-refractivity contribution in [3.8, 4) is 5.75 Å². The molecule has 1 heterocycles. The van der Waals surface area contributed by atoms with Gasteiger partial charge in [0.15, 0.2) is 5.78 Å². The molecule has 1 aromatic carbocycles. The zero-order valence-electron chi connectivity index (χ0n) is 12.3. The predicted molar refractivity (Wildman–Crippen MR) is 84.5 cm³/mol. The smallest absolute Gasteiger partial charge is 0.290 e. The van der Waals surface area contributed by atoms with Gasteiger partial charge in [-0.15, -0.1) is 16.2 Å². The molecular formula is C16H15NO4S. The Morgan fingerprint density at radius 3 is 2.73 bits per heavy atom. The molecule has 114 valence electrons. The SMILES string of the molecule is CCc1cc2cc(C(=O)C3CC3C(=O)N=O)sc2cc1OC. The highest BCUT2D eigenvalue weighted by Crippen LogP contribution is 2.44. The summed E-state index contributed by atoms with van der Waals surface area (Å²) in [5.41, 5.74) is 1.09. The van der Waals surface area contributed by atoms with E-state index in [9.17, 15) is 14.5 Å². The summed E-state index contributed by atoms with van der Waals surface area (Å²) >= 11 is 1.39. The van der Waals surface area contributed by atoms with Crippen LogP contribution in [0.4, 0.5) is 0 Å². The van der Waals surface area contributed by atoms with E-state index in [1.165, 1.54) is 11.3 Å². The molecule has 0 N–H and O–H groups in total. The maximum Gasteiger partial charge on any atom is 0.290 e. The van der Waals surface area contributed by atoms with E-state index in [-0.39, 0.29) is 11.7 Å². The maximum atomic E-state index is 12.4. The summed E-state index contributed by atoms with van der Waals surface area (Å²) in [6.45, 7) is 2.05. The lowest BCUT2D eigenvalue weighted by atomic mass is 10.1. The van der Waals surface area contributed by atoms with Crippen LogP contribution >= 0.6 is 11.3 Å². The molecule has 0 spiro atoms. The number of benzene rings is 1. The van der Waals surface area contributed by atoms with E-state index < -0.39 is 11.8 Å². The third-order valence-corrected chi connectivity index (χ3v) is 5.19. The predicted octanol–water partition coefficient (Wildman–Crippen LogP) is 3.58. The topological polar surface area (TPSA) is 72.8 Å². The van der Waals surface area contributed by atoms with E-state index in [0.29, 0.717) is 11.3 Å². The summed E-state index contributed by atoms with van der Waals surface area (Å²) < 4.78 is 6.35. The van der Waals surface area contributed by atoms with Crippen molar-refractivity contribution in [2.45, 2.75) is 19.8 Å². The highest BCUT2D eigenvalue weighted by atomic mass is 32.1. The first-order valence-electron chi connectivity index (χ1n) is 7.10. The van der Waals surface area contributed by atoms with Crippen LogP contribution in [0, 0.1) is 16.7 Å². The first-order valence-corrected chi connectivity index (χ1v) is 7.92. The van der Waals surface area contributed by atoms with Gasteiger partial charge in [-0.25, -0.2) is 0 Å². The van der Waals surface area contributed by atoms with Crippen molar-refractivity contribution in [1.29, 1.82) is 0 Å². The van der Waals surface area contributed by atoms with Gasteiger partial charge in [-0.1, -0.05) is 6.92 Å². The monoisotopic (exact) mass is 317 g/mol. The van der Waals surface area contributed by atoms with Crippen LogP contribution in [0.25, 0.3) is 10.1 Å². The van der Waals surface area contributed by atoms with Crippen LogP contribution in [-0.2, 0) is 11.2 Å². The Hall–Kier alpha value is -2.08. The van der Waals surface area contributed by atoms with Crippen LogP contribution in [0.1, 0.15) is 28.6 Å². The number of fused-ring (bicyclic) bond motifs is 1. The first-order chi connectivity index (χ1) is 10.6. The van der Waals surface area contributed by atoms with Crippen molar-refractivity contribution in [3.63, 3.8) is 0 Å². The number of hydrogen-bond acceptors (Lipinski definition) is 5. The molecule has 2 aromatic rings. The average Bonchev–Trinajstić information content (AvgIpc) is 3.24. The maximum absolute atomic E-state index is 12.4. The zero-order chi connectivity index (χ0) is 15.9. The molecular weight excluding hydrogens is 302 g/mol. The second-order valence-electron chi connectivity index (χ2n) is 5.41. The Labute approximate surface area is 131 Å². The minimum absolute atomic E-state index is 0.0692. The lowest BCUT2D eigenvalue weighted by Crippen LogP contribution is -2.05. The number of aryl methyl sites for hydroxylation is 1. The minimum Gasteiger partial charge on any atom is -0.496 e. The van der Waals surface area contributed by atoms with E-state index >= 15 is 0 Å². The van der Waals surface area contributed by atoms with Gasteiger partial charge in [0.25, 0.3) is 5.91 Å². The Balaban J connectivity index is 1.91. The molecule has 1 aromatic heterocycles. The molecule has 0 aliphatic heterocycles. The number of rotatable bonds is 5. The Bertz CT molecular complexity index is 739. The van der Waals surface area contributed by atoms with Crippen molar-refractivity contribution >= 4 is 33.1 Å². The summed E-state index contributed by atoms with van der Waals surface area (Å²) in [5, 5.41) is 3.41. The molecule has 5 nitrogen and oxygen atoms in total. The molecule has 0 bridgehead atoms. The minimum atomic E-state index is -0.714. The van der Waals surface area contributed by atoms with Crippen LogP contribution in [0.15, 0.2) is 23.4 Å². The number of methoxy groups -OCH3 is 1. The van der Waals surface area contributed by atoms with E-state index in [0.717, 1.165) is 27.8 Å². The summed E-state index contributed by atoms with van der Waals surface area (Å²) in [6.07, 6.45) is 1.28. The molecule has 1 amide bonds. The van der Waals surface area contributed by atoms with Crippen molar-refractivity contribution in [3.05, 3.63) is 33.5 Å². The lowest BCUT2D eigenvalue weighted by Gasteiger charge is -2.05. The molecule has 0 saturated heterocycles. The van der Waals surface area contributed by atoms with E-state index in [4.69, 9.17) is 4.74 Å². The van der Waals surface area contributed by atoms with Crippen molar-refractivity contribution in [1.82, 2.24) is 0 Å². The summed E-state index contributed by atoms with van der Waals surface area (Å²) in [6, 6.07) is 5.83. The first kappa shape index (κ1) is 14.8. The summed E-state index contributed by atoms with van der Waals surface area (Å²) in [4.78, 5) is 34.5. The molecule has 1 saturated carbocycles. The number of nitrogens with zero attached hydrogens (tertiary/aromatic N) is 1. The van der Waals surface area contributed by atoms with E-state index in [1.54, 1.807) is 7.11 Å². The molecule has 3 rings (SSSR count). The van der Waals surface area contributed by atoms with Gasteiger partial charge in [0.1, 0.15) is 5.75 Å². The normalized spacial score (nSPS) is 19.9. The van der Waals surface area contributed by atoms with Crippen molar-refractivity contribution in [2.24, 2.45) is 17.0 Å². The van der Waals surface area contributed by atoms with Gasteiger partial charge in [-0.2, -0.15) is 0 Å². The fraction of sp³-hybridized carbons (Fsp3) is 0.375. The van der Waals surface area contributed by atoms with Crippen LogP contribution in [0.3, 0.4) is 0 Å². The summed E-state index contributed by atoms with van der Waals surface area (Å²) in [5.74, 6) is -0.864. The molecule has 1 aliphatic rings. The van der Waals surface area contributed by atoms with E-state index in [1.807, 2.05) is 18.2 Å². The van der Waals surface area contributed by atoms with Crippen LogP contribution in [0.5, 0.6) is 5.75 Å². The highest BCUT2D eigenvalue weighted by Gasteiger charge is 2.49. The number of Topliss-reactive ketones (excluding diaryl/α,β-unsaturated/α-hetero) is 1. The van der Waals surface area contributed by atoms with E-state index in [2.05, 4.69) is 12.1 Å². The van der Waals surface area contributed by atoms with Gasteiger partial charge in [0.2, 0.25) is 0 Å². The van der Waals surface area contributed by atoms with Crippen LogP contribution in [-0.4, -0.2) is 18.8 Å². The van der Waals surface area contributed by atoms with Gasteiger partial charge >= 0.3 is 0 Å². The fourth-order valence-electron chi connectivity index (χ4n) is 2.71. The molecule has 1 aliphatic carbocycles. The lowest BCUT2D eigenvalue weighted by molar-refractivity contribution is -0.119. The summed E-state index contributed by atoms with van der Waals surface area (Å²) in [7, 11) is 1.63. The molecule has 0 radical (unpaired) electrons. The number of amides is 1. The number of hydrogen-bond donors (Lipinski definition) is 0. The van der Waals surface area contributed by atoms with Crippen LogP contribution in [0.2, 0.25) is 0 Å². The fourth-order valence-corrected chi connectivity index (χ4v) is 3.79. The van der Waals surface area contributed by atoms with Crippen LogP contribution < -0.4 is 4.74 Å². The second-order valence-corrected chi connectivity index (χ2v) is 6.49. The molecule has 2 unspecified atom stereocenters. The third kappa shape index (κ3) is 2.43. The van der Waals surface area contributed by atoms with Gasteiger partial charge in [-0.05, 0) is 42.0 Å². The van der Waals surface area contributed by atoms with Gasteiger partial charge in [0.05, 0.1) is 17.9 Å². The Kier molecular flexibility index (Phi) is 3.78. The number of nitroso groups, excluding NO2 is 1. The number of carbonyl (C=O) groups excluding carboxylic acids is 2. The Morgan fingerprint density at radius 1 is 1.32 bits per heavy atom. The zero-order valence-corrected chi connectivity index (χ0v) is 13.1. The van der Waals surface area contributed by atoms with Crippen molar-refractivity contribution in [2.75, 3.05) is 7.11 Å². The molecule has 2 atom stereocenters. The second kappa shape index (κ2) is 5.61. The molecule has 22 heavy (non-hydrogen) atoms. The molecule has 1 fully saturated rings. The van der Waals surface area contributed by atoms with Crippen molar-refractivity contribution < 1.29 is 14.3 Å². The third-order valence-electron chi connectivity index (χ3n) is 4.08. The van der Waals surface area contributed by atoms with Gasteiger partial charge < -0.3 is 4.74 Å². The largest absolute Gasteiger partial charge is 0.496 e. The average molecular weight is 317 g/mol. The number of ether oxygens (including phenoxy) is 1.